The van der Waals surface area contributed by atoms with Gasteiger partial charge in [0.25, 0.3) is 5.91 Å². The highest BCUT2D eigenvalue weighted by molar-refractivity contribution is 9.10. The van der Waals surface area contributed by atoms with Crippen molar-refractivity contribution in [1.29, 1.82) is 0 Å². The average molecular weight is 329 g/mol. The molecule has 0 saturated carbocycles. The molecule has 0 aliphatic carbocycles. The summed E-state index contributed by atoms with van der Waals surface area (Å²) in [6, 6.07) is 13.6. The summed E-state index contributed by atoms with van der Waals surface area (Å²) in [5, 5.41) is 3.85. The van der Waals surface area contributed by atoms with Gasteiger partial charge in [0, 0.05) is 21.6 Å². The Morgan fingerprint density at radius 3 is 2.80 bits per heavy atom. The Labute approximate surface area is 125 Å². The third kappa shape index (κ3) is 2.34. The van der Waals surface area contributed by atoms with Gasteiger partial charge in [-0.15, -0.1) is 0 Å². The number of halogens is 1. The van der Waals surface area contributed by atoms with Crippen LogP contribution < -0.4 is 5.32 Å². The summed E-state index contributed by atoms with van der Waals surface area (Å²) in [5.41, 5.74) is 3.52. The lowest BCUT2D eigenvalue weighted by Crippen LogP contribution is -2.11. The maximum Gasteiger partial charge on any atom is 0.257 e. The molecule has 0 atom stereocenters. The van der Waals surface area contributed by atoms with Crippen molar-refractivity contribution in [3.8, 4) is 0 Å². The van der Waals surface area contributed by atoms with Gasteiger partial charge < -0.3 is 10.3 Å². The van der Waals surface area contributed by atoms with E-state index in [1.165, 1.54) is 0 Å². The van der Waals surface area contributed by atoms with E-state index in [0.717, 1.165) is 26.6 Å². The van der Waals surface area contributed by atoms with Gasteiger partial charge in [-0.05, 0) is 46.6 Å². The third-order valence-electron chi connectivity index (χ3n) is 3.21. The topological polar surface area (TPSA) is 44.9 Å². The smallest absolute Gasteiger partial charge is 0.257 e. The molecular weight excluding hydrogens is 316 g/mol. The predicted octanol–water partition coefficient (Wildman–Crippen LogP) is 4.49. The predicted molar refractivity (Wildman–Crippen MR) is 85.1 cm³/mol. The van der Waals surface area contributed by atoms with Crippen LogP contribution in [0.5, 0.6) is 0 Å². The second-order valence-electron chi connectivity index (χ2n) is 4.69. The zero-order valence-electron chi connectivity index (χ0n) is 10.9. The van der Waals surface area contributed by atoms with Gasteiger partial charge in [-0.25, -0.2) is 0 Å². The SMILES string of the molecule is Cc1ccc(NC(=O)c2c[nH]c3ccccc23)c(Br)c1. The summed E-state index contributed by atoms with van der Waals surface area (Å²) < 4.78 is 0.880. The van der Waals surface area contributed by atoms with E-state index in [1.54, 1.807) is 6.20 Å². The molecule has 100 valence electrons. The number of aryl methyl sites for hydroxylation is 1. The van der Waals surface area contributed by atoms with Gasteiger partial charge in [0.1, 0.15) is 0 Å². The first-order valence-corrected chi connectivity index (χ1v) is 7.08. The van der Waals surface area contributed by atoms with Crippen LogP contribution in [0.1, 0.15) is 15.9 Å². The molecule has 3 nitrogen and oxygen atoms in total. The minimum Gasteiger partial charge on any atom is -0.360 e. The largest absolute Gasteiger partial charge is 0.360 e. The highest BCUT2D eigenvalue weighted by atomic mass is 79.9. The maximum absolute atomic E-state index is 12.4. The Morgan fingerprint density at radius 2 is 2.00 bits per heavy atom. The molecule has 2 aromatic carbocycles. The maximum atomic E-state index is 12.4. The number of hydrogen-bond donors (Lipinski definition) is 2. The fourth-order valence-corrected chi connectivity index (χ4v) is 2.76. The van der Waals surface area contributed by atoms with Crippen LogP contribution in [0.15, 0.2) is 53.1 Å². The number of hydrogen-bond acceptors (Lipinski definition) is 1. The number of carbonyl (C=O) groups excluding carboxylic acids is 1. The third-order valence-corrected chi connectivity index (χ3v) is 3.86. The van der Waals surface area contributed by atoms with Crippen molar-refractivity contribution < 1.29 is 4.79 Å². The molecule has 0 aliphatic heterocycles. The summed E-state index contributed by atoms with van der Waals surface area (Å²) in [6.45, 7) is 2.01. The van der Waals surface area contributed by atoms with Gasteiger partial charge in [-0.1, -0.05) is 24.3 Å². The van der Waals surface area contributed by atoms with Crippen LogP contribution in [0, 0.1) is 6.92 Å². The standard InChI is InChI=1S/C16H13BrN2O/c1-10-6-7-15(13(17)8-10)19-16(20)12-9-18-14-5-3-2-4-11(12)14/h2-9,18H,1H3,(H,19,20). The minimum atomic E-state index is -0.119. The van der Waals surface area contributed by atoms with Gasteiger partial charge in [-0.3, -0.25) is 4.79 Å². The van der Waals surface area contributed by atoms with E-state index in [9.17, 15) is 4.79 Å². The number of aromatic nitrogens is 1. The zero-order valence-corrected chi connectivity index (χ0v) is 12.5. The number of nitrogens with one attached hydrogen (secondary N) is 2. The van der Waals surface area contributed by atoms with Gasteiger partial charge in [-0.2, -0.15) is 0 Å². The number of fused-ring (bicyclic) bond motifs is 1. The summed E-state index contributed by atoms with van der Waals surface area (Å²) in [4.78, 5) is 15.5. The Bertz CT molecular complexity index is 792. The monoisotopic (exact) mass is 328 g/mol. The van der Waals surface area contributed by atoms with Crippen LogP contribution >= 0.6 is 15.9 Å². The van der Waals surface area contributed by atoms with E-state index in [4.69, 9.17) is 0 Å². The van der Waals surface area contributed by atoms with Gasteiger partial charge in [0.05, 0.1) is 11.3 Å². The number of para-hydroxylation sites is 1. The molecule has 3 aromatic rings. The van der Waals surface area contributed by atoms with Crippen LogP contribution in [0.25, 0.3) is 10.9 Å². The van der Waals surface area contributed by atoms with Crippen molar-refractivity contribution in [2.75, 3.05) is 5.32 Å². The number of amides is 1. The second-order valence-corrected chi connectivity index (χ2v) is 5.54. The summed E-state index contributed by atoms with van der Waals surface area (Å²) in [5.74, 6) is -0.119. The molecule has 0 bridgehead atoms. The Morgan fingerprint density at radius 1 is 1.20 bits per heavy atom. The van der Waals surface area contributed by atoms with Crippen molar-refractivity contribution >= 4 is 38.4 Å². The number of H-pyrrole nitrogens is 1. The van der Waals surface area contributed by atoms with Gasteiger partial charge in [0.2, 0.25) is 0 Å². The number of benzene rings is 2. The van der Waals surface area contributed by atoms with Crippen LogP contribution in [-0.2, 0) is 0 Å². The second kappa shape index (κ2) is 5.13. The first kappa shape index (κ1) is 12.9. The van der Waals surface area contributed by atoms with Gasteiger partial charge in [0.15, 0.2) is 0 Å². The van der Waals surface area contributed by atoms with E-state index >= 15 is 0 Å². The molecule has 0 saturated heterocycles. The highest BCUT2D eigenvalue weighted by Gasteiger charge is 2.12. The van der Waals surface area contributed by atoms with Crippen molar-refractivity contribution in [3.63, 3.8) is 0 Å². The quantitative estimate of drug-likeness (QED) is 0.715. The summed E-state index contributed by atoms with van der Waals surface area (Å²) >= 11 is 3.47. The highest BCUT2D eigenvalue weighted by Crippen LogP contribution is 2.25. The Balaban J connectivity index is 1.93. The van der Waals surface area contributed by atoms with E-state index in [1.807, 2.05) is 49.4 Å². The fourth-order valence-electron chi connectivity index (χ4n) is 2.17. The van der Waals surface area contributed by atoms with Crippen molar-refractivity contribution in [3.05, 3.63) is 64.3 Å². The lowest BCUT2D eigenvalue weighted by molar-refractivity contribution is 0.102. The molecule has 3 rings (SSSR count). The zero-order chi connectivity index (χ0) is 14.1. The van der Waals surface area contributed by atoms with E-state index in [2.05, 4.69) is 26.2 Å². The normalized spacial score (nSPS) is 10.7. The number of aromatic amines is 1. The molecule has 20 heavy (non-hydrogen) atoms. The molecule has 1 amide bonds. The van der Waals surface area contributed by atoms with E-state index < -0.39 is 0 Å². The van der Waals surface area contributed by atoms with Crippen LogP contribution in [0.2, 0.25) is 0 Å². The van der Waals surface area contributed by atoms with Crippen LogP contribution in [0.3, 0.4) is 0 Å². The molecular formula is C16H13BrN2O. The van der Waals surface area contributed by atoms with E-state index in [-0.39, 0.29) is 5.91 Å². The first-order valence-electron chi connectivity index (χ1n) is 6.29. The molecule has 1 aromatic heterocycles. The number of rotatable bonds is 2. The van der Waals surface area contributed by atoms with E-state index in [0.29, 0.717) is 5.56 Å². The molecule has 0 unspecified atom stereocenters. The molecule has 2 N–H and O–H groups in total. The summed E-state index contributed by atoms with van der Waals surface area (Å²) in [6.07, 6.45) is 1.74. The molecule has 0 spiro atoms. The number of carbonyl (C=O) groups is 1. The molecule has 4 heteroatoms. The van der Waals surface area contributed by atoms with Crippen LogP contribution in [0.4, 0.5) is 5.69 Å². The molecule has 0 fully saturated rings. The fraction of sp³-hybridized carbons (Fsp3) is 0.0625. The van der Waals surface area contributed by atoms with Gasteiger partial charge >= 0.3 is 0 Å². The van der Waals surface area contributed by atoms with Crippen molar-refractivity contribution in [2.24, 2.45) is 0 Å². The first-order chi connectivity index (χ1) is 9.65. The average Bonchev–Trinajstić information content (AvgIpc) is 2.86. The Hall–Kier alpha value is -2.07. The van der Waals surface area contributed by atoms with Crippen LogP contribution in [-0.4, -0.2) is 10.9 Å². The molecule has 0 radical (unpaired) electrons. The summed E-state index contributed by atoms with van der Waals surface area (Å²) in [7, 11) is 0. The van der Waals surface area contributed by atoms with Crippen molar-refractivity contribution in [1.82, 2.24) is 4.98 Å². The minimum absolute atomic E-state index is 0.119. The molecule has 0 aliphatic rings. The lowest BCUT2D eigenvalue weighted by Gasteiger charge is -2.07. The lowest BCUT2D eigenvalue weighted by atomic mass is 10.1. The number of anilines is 1. The Kier molecular flexibility index (Phi) is 3.32. The molecule has 1 heterocycles. The van der Waals surface area contributed by atoms with Crippen molar-refractivity contribution in [2.45, 2.75) is 6.92 Å².